The molecule has 0 saturated carbocycles. The van der Waals surface area contributed by atoms with Gasteiger partial charge >= 0.3 is 4.87 Å². The number of aromatic nitrogens is 1. The van der Waals surface area contributed by atoms with Crippen molar-refractivity contribution in [2.24, 2.45) is 5.10 Å². The quantitative estimate of drug-likeness (QED) is 0.443. The Hall–Kier alpha value is -2.42. The topological polar surface area (TPSA) is 83.7 Å². The zero-order chi connectivity index (χ0) is 19.4. The largest absolute Gasteiger partial charge is 0.508 e. The van der Waals surface area contributed by atoms with E-state index in [1.165, 1.54) is 22.9 Å². The van der Waals surface area contributed by atoms with Crippen molar-refractivity contribution in [3.8, 4) is 5.75 Å². The van der Waals surface area contributed by atoms with Crippen LogP contribution in [0.3, 0.4) is 0 Å². The van der Waals surface area contributed by atoms with E-state index in [9.17, 15) is 14.7 Å². The Labute approximate surface area is 171 Å². The van der Waals surface area contributed by atoms with Crippen molar-refractivity contribution in [1.82, 2.24) is 9.99 Å². The number of phenolic OH excluding ortho intramolecular Hbond substituents is 1. The molecule has 3 rings (SSSR count). The molecule has 0 atom stereocenters. The fraction of sp³-hybridized carbons (Fsp3) is 0.0556. The lowest BCUT2D eigenvalue weighted by Crippen LogP contribution is -2.17. The van der Waals surface area contributed by atoms with Gasteiger partial charge in [-0.05, 0) is 35.9 Å². The summed E-state index contributed by atoms with van der Waals surface area (Å²) in [5.74, 6) is -0.502. The van der Waals surface area contributed by atoms with E-state index in [2.05, 4.69) is 26.5 Å². The number of aromatic hydroxyl groups is 1. The zero-order valence-electron chi connectivity index (χ0n) is 13.7. The predicted molar refractivity (Wildman–Crippen MR) is 110 cm³/mol. The number of nitrogens with one attached hydrogen (secondary N) is 1. The first-order valence-corrected chi connectivity index (χ1v) is 9.69. The highest BCUT2D eigenvalue weighted by Gasteiger charge is 2.12. The number of hydrogen-bond acceptors (Lipinski definition) is 5. The van der Waals surface area contributed by atoms with E-state index >= 15 is 0 Å². The van der Waals surface area contributed by atoms with Crippen molar-refractivity contribution < 1.29 is 9.90 Å². The van der Waals surface area contributed by atoms with E-state index in [1.54, 1.807) is 12.1 Å². The van der Waals surface area contributed by atoms with Crippen LogP contribution in [-0.4, -0.2) is 21.8 Å². The summed E-state index contributed by atoms with van der Waals surface area (Å²) in [7, 11) is 0. The zero-order valence-corrected chi connectivity index (χ0v) is 16.9. The maximum atomic E-state index is 12.2. The highest BCUT2D eigenvalue weighted by Crippen LogP contribution is 2.19. The molecule has 0 saturated heterocycles. The number of amides is 1. The summed E-state index contributed by atoms with van der Waals surface area (Å²) in [5.41, 5.74) is 3.53. The summed E-state index contributed by atoms with van der Waals surface area (Å²) >= 11 is 10.6. The second-order valence-corrected chi connectivity index (χ2v) is 7.75. The molecule has 0 bridgehead atoms. The SMILES string of the molecule is O=C(NN=Cc1sc(=O)n(Cc2ccc(Br)cc2)c1Cl)c1cccc(O)c1. The molecule has 2 N–H and O–H groups in total. The van der Waals surface area contributed by atoms with Gasteiger partial charge in [0, 0.05) is 10.0 Å². The summed E-state index contributed by atoms with van der Waals surface area (Å²) < 4.78 is 2.39. The lowest BCUT2D eigenvalue weighted by molar-refractivity contribution is 0.0954. The Morgan fingerprint density at radius 3 is 2.74 bits per heavy atom. The molecule has 27 heavy (non-hydrogen) atoms. The Kier molecular flexibility index (Phi) is 6.10. The van der Waals surface area contributed by atoms with Crippen LogP contribution in [0.4, 0.5) is 0 Å². The third-order valence-corrected chi connectivity index (χ3v) is 5.53. The third kappa shape index (κ3) is 4.85. The maximum Gasteiger partial charge on any atom is 0.309 e. The van der Waals surface area contributed by atoms with Crippen LogP contribution >= 0.6 is 38.9 Å². The summed E-state index contributed by atoms with van der Waals surface area (Å²) in [6, 6.07) is 13.5. The van der Waals surface area contributed by atoms with Gasteiger partial charge in [0.15, 0.2) is 0 Å². The van der Waals surface area contributed by atoms with E-state index in [1.807, 2.05) is 24.3 Å². The van der Waals surface area contributed by atoms with E-state index in [-0.39, 0.29) is 21.3 Å². The molecule has 6 nitrogen and oxygen atoms in total. The molecule has 0 spiro atoms. The second kappa shape index (κ2) is 8.51. The molecule has 1 aromatic heterocycles. The van der Waals surface area contributed by atoms with Crippen LogP contribution in [0.2, 0.25) is 5.15 Å². The molecule has 0 aliphatic carbocycles. The average Bonchev–Trinajstić information content (AvgIpc) is 2.91. The number of hydrazone groups is 1. The van der Waals surface area contributed by atoms with Gasteiger partial charge in [0.1, 0.15) is 10.9 Å². The number of nitrogens with zero attached hydrogens (tertiary/aromatic N) is 2. The van der Waals surface area contributed by atoms with Gasteiger partial charge in [-0.25, -0.2) is 5.43 Å². The highest BCUT2D eigenvalue weighted by atomic mass is 79.9. The van der Waals surface area contributed by atoms with Crippen LogP contribution in [0.1, 0.15) is 20.8 Å². The van der Waals surface area contributed by atoms with Crippen LogP contribution in [0, 0.1) is 0 Å². The first-order valence-electron chi connectivity index (χ1n) is 7.70. The molecular weight excluding hydrogens is 454 g/mol. The van der Waals surface area contributed by atoms with Crippen LogP contribution in [0.25, 0.3) is 0 Å². The van der Waals surface area contributed by atoms with E-state index in [0.717, 1.165) is 21.4 Å². The van der Waals surface area contributed by atoms with Crippen LogP contribution in [0.15, 0.2) is 62.9 Å². The Bertz CT molecular complexity index is 1060. The van der Waals surface area contributed by atoms with Gasteiger partial charge in [0.05, 0.1) is 17.6 Å². The number of halogens is 2. The maximum absolute atomic E-state index is 12.2. The molecule has 138 valence electrons. The number of rotatable bonds is 5. The molecule has 0 unspecified atom stereocenters. The van der Waals surface area contributed by atoms with Gasteiger partial charge in [-0.1, -0.05) is 57.1 Å². The van der Waals surface area contributed by atoms with Crippen molar-refractivity contribution in [3.63, 3.8) is 0 Å². The molecule has 0 aliphatic rings. The summed E-state index contributed by atoms with van der Waals surface area (Å²) in [6.07, 6.45) is 1.33. The molecule has 1 amide bonds. The van der Waals surface area contributed by atoms with Crippen molar-refractivity contribution in [2.45, 2.75) is 6.54 Å². The Morgan fingerprint density at radius 1 is 1.30 bits per heavy atom. The van der Waals surface area contributed by atoms with Crippen LogP contribution in [-0.2, 0) is 6.54 Å². The van der Waals surface area contributed by atoms with Crippen molar-refractivity contribution >= 4 is 51.0 Å². The Balaban J connectivity index is 1.72. The van der Waals surface area contributed by atoms with Crippen molar-refractivity contribution in [2.75, 3.05) is 0 Å². The Morgan fingerprint density at radius 2 is 2.04 bits per heavy atom. The predicted octanol–water partition coefficient (Wildman–Crippen LogP) is 3.84. The third-order valence-electron chi connectivity index (χ3n) is 3.57. The first kappa shape index (κ1) is 19.3. The lowest BCUT2D eigenvalue weighted by atomic mass is 10.2. The molecule has 0 radical (unpaired) electrons. The molecular formula is C18H13BrClN3O3S. The van der Waals surface area contributed by atoms with Crippen LogP contribution in [0.5, 0.6) is 5.75 Å². The smallest absolute Gasteiger partial charge is 0.309 e. The summed E-state index contributed by atoms with van der Waals surface area (Å²) in [4.78, 5) is 24.4. The minimum absolute atomic E-state index is 0.0158. The molecule has 0 aliphatic heterocycles. The van der Waals surface area contributed by atoms with E-state index in [4.69, 9.17) is 11.6 Å². The first-order chi connectivity index (χ1) is 12.9. The molecule has 2 aromatic carbocycles. The lowest BCUT2D eigenvalue weighted by Gasteiger charge is -2.04. The molecule has 1 heterocycles. The van der Waals surface area contributed by atoms with Gasteiger partial charge in [0.25, 0.3) is 5.91 Å². The minimum Gasteiger partial charge on any atom is -0.508 e. The fourth-order valence-corrected chi connectivity index (χ4v) is 3.62. The minimum atomic E-state index is -0.486. The second-order valence-electron chi connectivity index (χ2n) is 5.49. The highest BCUT2D eigenvalue weighted by molar-refractivity contribution is 9.10. The van der Waals surface area contributed by atoms with Gasteiger partial charge < -0.3 is 5.11 Å². The number of thiazole rings is 1. The van der Waals surface area contributed by atoms with Crippen molar-refractivity contribution in [1.29, 1.82) is 0 Å². The average molecular weight is 467 g/mol. The number of benzene rings is 2. The number of hydrogen-bond donors (Lipinski definition) is 2. The normalized spacial score (nSPS) is 11.0. The number of carbonyl (C=O) groups excluding carboxylic acids is 1. The van der Waals surface area contributed by atoms with E-state index < -0.39 is 5.91 Å². The van der Waals surface area contributed by atoms with Crippen LogP contribution < -0.4 is 10.3 Å². The fourth-order valence-electron chi connectivity index (χ4n) is 2.25. The molecule has 3 aromatic rings. The number of carbonyl (C=O) groups is 1. The van der Waals surface area contributed by atoms with E-state index in [0.29, 0.717) is 11.4 Å². The van der Waals surface area contributed by atoms with Gasteiger partial charge in [-0.3, -0.25) is 14.2 Å². The number of phenols is 1. The summed E-state index contributed by atoms with van der Waals surface area (Å²) in [5, 5.41) is 13.5. The molecule has 0 fully saturated rings. The van der Waals surface area contributed by atoms with Crippen molar-refractivity contribution in [3.05, 3.63) is 83.8 Å². The monoisotopic (exact) mass is 465 g/mol. The molecule has 9 heteroatoms. The van der Waals surface area contributed by atoms with Gasteiger partial charge in [0.2, 0.25) is 0 Å². The van der Waals surface area contributed by atoms with Gasteiger partial charge in [-0.15, -0.1) is 0 Å². The van der Waals surface area contributed by atoms with Gasteiger partial charge in [-0.2, -0.15) is 5.10 Å². The standard InChI is InChI=1S/C18H13BrClN3O3S/c19-13-6-4-11(5-7-13)10-23-16(20)15(27-18(23)26)9-21-22-17(25)12-2-1-3-14(24)8-12/h1-9,24H,10H2,(H,22,25). The summed E-state index contributed by atoms with van der Waals surface area (Å²) in [6.45, 7) is 0.338.